The summed E-state index contributed by atoms with van der Waals surface area (Å²) in [4.78, 5) is 31.5. The van der Waals surface area contributed by atoms with E-state index in [-0.39, 0.29) is 49.2 Å². The molecule has 3 heterocycles. The second kappa shape index (κ2) is 7.26. The number of nitrogens with zero attached hydrogens (tertiary/aromatic N) is 4. The van der Waals surface area contributed by atoms with Crippen LogP contribution < -0.4 is 15.4 Å². The number of morpholine rings is 1. The second-order valence-corrected chi connectivity index (χ2v) is 7.84. The highest BCUT2D eigenvalue weighted by Crippen LogP contribution is 2.37. The molecule has 0 radical (unpaired) electrons. The highest BCUT2D eigenvalue weighted by Gasteiger charge is 2.48. The van der Waals surface area contributed by atoms with Crippen LogP contribution in [0.25, 0.3) is 0 Å². The lowest BCUT2D eigenvalue weighted by molar-refractivity contribution is -0.153. The van der Waals surface area contributed by atoms with Crippen molar-refractivity contribution >= 4 is 17.5 Å². The van der Waals surface area contributed by atoms with Gasteiger partial charge in [0.15, 0.2) is 11.6 Å². The zero-order valence-electron chi connectivity index (χ0n) is 15.9. The van der Waals surface area contributed by atoms with Gasteiger partial charge < -0.3 is 14.5 Å². The van der Waals surface area contributed by atoms with Crippen LogP contribution in [0.3, 0.4) is 0 Å². The van der Waals surface area contributed by atoms with Crippen molar-refractivity contribution in [1.82, 2.24) is 9.55 Å². The van der Waals surface area contributed by atoms with Gasteiger partial charge in [-0.25, -0.2) is 0 Å². The van der Waals surface area contributed by atoms with Crippen LogP contribution in [0.5, 0.6) is 0 Å². The fraction of sp³-hybridized carbons (Fsp3) is 0.722. The predicted molar refractivity (Wildman–Crippen MR) is 95.6 cm³/mol. The number of carbonyl (C=O) groups is 1. The normalized spacial score (nSPS) is 25.1. The molecule has 4 rings (SSSR count). The Morgan fingerprint density at radius 2 is 1.97 bits per heavy atom. The van der Waals surface area contributed by atoms with Crippen molar-refractivity contribution in [2.45, 2.75) is 51.0 Å². The van der Waals surface area contributed by atoms with Crippen LogP contribution in [0.15, 0.2) is 4.79 Å². The average Bonchev–Trinajstić information content (AvgIpc) is 3.50. The summed E-state index contributed by atoms with van der Waals surface area (Å²) in [5.74, 6) is -2.24. The molecule has 160 valence electrons. The fourth-order valence-corrected chi connectivity index (χ4v) is 3.93. The summed E-state index contributed by atoms with van der Waals surface area (Å²) in [6.07, 6.45) is -3.73. The van der Waals surface area contributed by atoms with E-state index in [0.717, 1.165) is 9.47 Å². The first-order chi connectivity index (χ1) is 13.7. The zero-order chi connectivity index (χ0) is 20.9. The third kappa shape index (κ3) is 3.72. The van der Waals surface area contributed by atoms with E-state index in [9.17, 15) is 27.2 Å². The summed E-state index contributed by atoms with van der Waals surface area (Å²) in [6.45, 7) is 1.79. The van der Waals surface area contributed by atoms with Crippen LogP contribution in [-0.4, -0.2) is 59.9 Å². The number of halogens is 4. The molecule has 1 aromatic rings. The van der Waals surface area contributed by atoms with Gasteiger partial charge in [-0.3, -0.25) is 14.2 Å². The van der Waals surface area contributed by atoms with Crippen molar-refractivity contribution in [3.63, 3.8) is 0 Å². The molecule has 2 aliphatic heterocycles. The number of aromatic nitrogens is 2. The van der Waals surface area contributed by atoms with E-state index in [1.54, 1.807) is 6.92 Å². The number of hydrogen-bond acceptors (Lipinski definition) is 6. The highest BCUT2D eigenvalue weighted by molar-refractivity contribution is 5.87. The van der Waals surface area contributed by atoms with Crippen molar-refractivity contribution in [2.75, 3.05) is 36.1 Å². The molecule has 2 atom stereocenters. The standard InChI is InChI=1S/C18H22F4N4O3/c1-10-9-29-7-6-24(10)15-14(19)16(28)25-5-4-13(18(20,21)22)26(17(25)23-15)8-12(27)11-2-3-11/h10-11,13H,2-9H2,1H3/t10-,13?/m1/s1. The number of ether oxygens (including phenoxy) is 1. The van der Waals surface area contributed by atoms with Gasteiger partial charge in [-0.2, -0.15) is 22.5 Å². The van der Waals surface area contributed by atoms with Crippen LogP contribution >= 0.6 is 0 Å². The Labute approximate surface area is 164 Å². The Bertz CT molecular complexity index is 868. The third-order valence-electron chi connectivity index (χ3n) is 5.71. The Morgan fingerprint density at radius 3 is 2.59 bits per heavy atom. The van der Waals surface area contributed by atoms with Crippen molar-refractivity contribution in [3.05, 3.63) is 16.2 Å². The van der Waals surface area contributed by atoms with Gasteiger partial charge in [0.1, 0.15) is 6.04 Å². The molecule has 3 aliphatic rings. The number of ketones is 1. The predicted octanol–water partition coefficient (Wildman–Crippen LogP) is 1.73. The largest absolute Gasteiger partial charge is 0.408 e. The maximum absolute atomic E-state index is 14.8. The monoisotopic (exact) mass is 418 g/mol. The number of fused-ring (bicyclic) bond motifs is 1. The second-order valence-electron chi connectivity index (χ2n) is 7.84. The maximum atomic E-state index is 14.8. The van der Waals surface area contributed by atoms with Gasteiger partial charge in [0.2, 0.25) is 11.8 Å². The van der Waals surface area contributed by atoms with Crippen LogP contribution in [0.1, 0.15) is 26.2 Å². The van der Waals surface area contributed by atoms with E-state index in [4.69, 9.17) is 4.74 Å². The van der Waals surface area contributed by atoms with E-state index in [1.807, 2.05) is 0 Å². The van der Waals surface area contributed by atoms with Gasteiger partial charge in [-0.1, -0.05) is 0 Å². The van der Waals surface area contributed by atoms with Crippen LogP contribution in [0.2, 0.25) is 0 Å². The molecular weight excluding hydrogens is 396 g/mol. The van der Waals surface area contributed by atoms with Gasteiger partial charge in [0.05, 0.1) is 25.8 Å². The molecule has 1 unspecified atom stereocenters. The lowest BCUT2D eigenvalue weighted by atomic mass is 10.1. The number of anilines is 2. The van der Waals surface area contributed by atoms with Crippen LogP contribution in [0, 0.1) is 11.7 Å². The lowest BCUT2D eigenvalue weighted by Gasteiger charge is -2.40. The molecule has 11 heteroatoms. The molecule has 0 spiro atoms. The van der Waals surface area contributed by atoms with Crippen molar-refractivity contribution < 1.29 is 27.1 Å². The molecule has 7 nitrogen and oxygen atoms in total. The van der Waals surface area contributed by atoms with Gasteiger partial charge in [0, 0.05) is 19.0 Å². The minimum atomic E-state index is -4.60. The Balaban J connectivity index is 1.79. The van der Waals surface area contributed by atoms with Crippen LogP contribution in [-0.2, 0) is 16.1 Å². The number of rotatable bonds is 4. The smallest absolute Gasteiger partial charge is 0.377 e. The summed E-state index contributed by atoms with van der Waals surface area (Å²) in [7, 11) is 0. The molecule has 1 aromatic heterocycles. The van der Waals surface area contributed by atoms with Crippen molar-refractivity contribution in [3.8, 4) is 0 Å². The lowest BCUT2D eigenvalue weighted by Crippen LogP contribution is -2.55. The molecule has 0 N–H and O–H groups in total. The zero-order valence-corrected chi connectivity index (χ0v) is 15.9. The van der Waals surface area contributed by atoms with E-state index in [1.165, 1.54) is 4.90 Å². The minimum Gasteiger partial charge on any atom is -0.377 e. The first kappa shape index (κ1) is 20.1. The van der Waals surface area contributed by atoms with E-state index in [2.05, 4.69) is 4.98 Å². The van der Waals surface area contributed by atoms with Crippen LogP contribution in [0.4, 0.5) is 29.3 Å². The number of carbonyl (C=O) groups excluding carboxylic acids is 1. The van der Waals surface area contributed by atoms with Gasteiger partial charge in [-0.15, -0.1) is 0 Å². The number of hydrogen-bond donors (Lipinski definition) is 0. The quantitative estimate of drug-likeness (QED) is 0.694. The molecule has 2 fully saturated rings. The summed E-state index contributed by atoms with van der Waals surface area (Å²) >= 11 is 0. The van der Waals surface area contributed by atoms with Gasteiger partial charge in [-0.05, 0) is 26.2 Å². The molecule has 1 saturated heterocycles. The SMILES string of the molecule is C[C@@H]1COCCN1c1nc2n(c(=O)c1F)CCC(C(F)(F)F)N2CC(=O)C1CC1. The summed E-state index contributed by atoms with van der Waals surface area (Å²) in [6, 6.07) is -2.24. The van der Waals surface area contributed by atoms with Gasteiger partial charge >= 0.3 is 6.18 Å². The molecule has 0 amide bonds. The Kier molecular flexibility index (Phi) is 5.04. The molecular formula is C18H22F4N4O3. The number of alkyl halides is 3. The topological polar surface area (TPSA) is 67.7 Å². The van der Waals surface area contributed by atoms with E-state index >= 15 is 0 Å². The number of Topliss-reactive ketones (excluding diaryl/α,β-unsaturated/α-hetero) is 1. The summed E-state index contributed by atoms with van der Waals surface area (Å²) in [5, 5.41) is 0. The first-order valence-corrected chi connectivity index (χ1v) is 9.69. The van der Waals surface area contributed by atoms with E-state index in [0.29, 0.717) is 19.4 Å². The Morgan fingerprint density at radius 1 is 1.24 bits per heavy atom. The van der Waals surface area contributed by atoms with Crippen molar-refractivity contribution in [1.29, 1.82) is 0 Å². The molecule has 0 aromatic carbocycles. The molecule has 29 heavy (non-hydrogen) atoms. The highest BCUT2D eigenvalue weighted by atomic mass is 19.4. The molecule has 0 bridgehead atoms. The summed E-state index contributed by atoms with van der Waals surface area (Å²) < 4.78 is 62.1. The third-order valence-corrected chi connectivity index (χ3v) is 5.71. The molecule has 1 saturated carbocycles. The first-order valence-electron chi connectivity index (χ1n) is 9.69. The summed E-state index contributed by atoms with van der Waals surface area (Å²) in [5.41, 5.74) is -1.02. The van der Waals surface area contributed by atoms with Gasteiger partial charge in [0.25, 0.3) is 5.56 Å². The van der Waals surface area contributed by atoms with Crippen molar-refractivity contribution in [2.24, 2.45) is 5.92 Å². The Hall–Kier alpha value is -2.17. The maximum Gasteiger partial charge on any atom is 0.408 e. The molecule has 1 aliphatic carbocycles. The van der Waals surface area contributed by atoms with E-state index < -0.39 is 36.6 Å². The minimum absolute atomic E-state index is 0.245. The average molecular weight is 418 g/mol. The fourth-order valence-electron chi connectivity index (χ4n) is 3.93.